The van der Waals surface area contributed by atoms with Crippen molar-refractivity contribution in [2.75, 3.05) is 48.9 Å². The second-order valence-corrected chi connectivity index (χ2v) is 9.56. The molecule has 1 aliphatic heterocycles. The lowest BCUT2D eigenvalue weighted by Gasteiger charge is -2.23. The molecule has 1 saturated heterocycles. The third kappa shape index (κ3) is 4.65. The first-order chi connectivity index (χ1) is 16.3. The van der Waals surface area contributed by atoms with Gasteiger partial charge in [0, 0.05) is 64.2 Å². The van der Waals surface area contributed by atoms with Crippen LogP contribution in [0.15, 0.2) is 28.6 Å². The number of aromatic nitrogens is 4. The third-order valence-electron chi connectivity index (χ3n) is 6.16. The monoisotopic (exact) mass is 483 g/mol. The number of aryl methyl sites for hydroxylation is 2. The van der Waals surface area contributed by atoms with Crippen molar-refractivity contribution in [3.05, 3.63) is 45.5 Å². The number of hydrogen-bond donors (Lipinski definition) is 1. The smallest absolute Gasteiger partial charge is 0.277 e. The average Bonchev–Trinajstić information content (AvgIpc) is 3.48. The Kier molecular flexibility index (Phi) is 7.18. The molecule has 182 valence electrons. The van der Waals surface area contributed by atoms with Crippen molar-refractivity contribution in [1.82, 2.24) is 19.5 Å². The summed E-state index contributed by atoms with van der Waals surface area (Å²) in [6, 6.07) is 1.97. The van der Waals surface area contributed by atoms with Gasteiger partial charge in [-0.05, 0) is 31.9 Å². The van der Waals surface area contributed by atoms with E-state index in [0.717, 1.165) is 34.3 Å². The number of pyridine rings is 1. The zero-order chi connectivity index (χ0) is 24.4. The van der Waals surface area contributed by atoms with Gasteiger partial charge in [0.25, 0.3) is 5.56 Å². The summed E-state index contributed by atoms with van der Waals surface area (Å²) in [7, 11) is 5.68. The maximum Gasteiger partial charge on any atom is 0.277 e. The van der Waals surface area contributed by atoms with E-state index < -0.39 is 0 Å². The fourth-order valence-corrected chi connectivity index (χ4v) is 4.98. The lowest BCUT2D eigenvalue weighted by molar-refractivity contribution is 0.0720. The first kappa shape index (κ1) is 24.2. The van der Waals surface area contributed by atoms with Crippen LogP contribution in [0.25, 0.3) is 11.4 Å². The fourth-order valence-electron chi connectivity index (χ4n) is 4.32. The zero-order valence-electron chi connectivity index (χ0n) is 20.7. The molecule has 4 rings (SSSR count). The minimum absolute atomic E-state index is 0.0442. The van der Waals surface area contributed by atoms with Crippen LogP contribution in [0.2, 0.25) is 0 Å². The minimum Gasteiger partial charge on any atom is -0.374 e. The van der Waals surface area contributed by atoms with Crippen molar-refractivity contribution in [1.29, 1.82) is 0 Å². The number of ether oxygens (including phenoxy) is 1. The summed E-state index contributed by atoms with van der Waals surface area (Å²) in [5.74, 6) is 1.49. The molecule has 0 aliphatic carbocycles. The molecule has 3 aromatic heterocycles. The van der Waals surface area contributed by atoms with Gasteiger partial charge in [-0.3, -0.25) is 9.36 Å². The maximum atomic E-state index is 13.6. The van der Waals surface area contributed by atoms with Crippen molar-refractivity contribution >= 4 is 28.0 Å². The van der Waals surface area contributed by atoms with Crippen molar-refractivity contribution < 1.29 is 4.74 Å². The quantitative estimate of drug-likeness (QED) is 0.523. The molecule has 3 aromatic rings. The third-order valence-corrected chi connectivity index (χ3v) is 6.99. The topological polar surface area (TPSA) is 88.4 Å². The summed E-state index contributed by atoms with van der Waals surface area (Å²) in [6.45, 7) is 8.09. The molecule has 1 fully saturated rings. The van der Waals surface area contributed by atoms with E-state index in [-0.39, 0.29) is 17.7 Å². The molecule has 0 aromatic carbocycles. The molecule has 0 radical (unpaired) electrons. The first-order valence-electron chi connectivity index (χ1n) is 11.6. The Labute approximate surface area is 204 Å². The van der Waals surface area contributed by atoms with Gasteiger partial charge in [0.1, 0.15) is 17.3 Å². The average molecular weight is 484 g/mol. The Balaban J connectivity index is 1.68. The molecule has 10 heteroatoms. The summed E-state index contributed by atoms with van der Waals surface area (Å²) in [5.41, 5.74) is 3.07. The van der Waals surface area contributed by atoms with Gasteiger partial charge in [-0.25, -0.2) is 15.0 Å². The number of thiazole rings is 1. The number of rotatable bonds is 8. The number of nitrogens with one attached hydrogen (secondary N) is 1. The van der Waals surface area contributed by atoms with E-state index in [4.69, 9.17) is 9.72 Å². The molecule has 0 saturated carbocycles. The standard InChI is InChI=1S/C24H33N7O2S/c1-7-17-21(27-18-13-31(14-19(18)33-8-2)24-25-9-10-34-24)23(32)30(6)22(28-17)16-12-26-20(29(4)5)11-15(16)3/h9-12,18-19,27H,7-8,13-14H2,1-6H3/t18-,19-/m1/s1. The first-order valence-corrected chi connectivity index (χ1v) is 12.5. The molecule has 34 heavy (non-hydrogen) atoms. The Bertz CT molecular complexity index is 1190. The van der Waals surface area contributed by atoms with Gasteiger partial charge in [-0.2, -0.15) is 0 Å². The van der Waals surface area contributed by atoms with Gasteiger partial charge >= 0.3 is 0 Å². The van der Waals surface area contributed by atoms with E-state index in [1.54, 1.807) is 29.1 Å². The van der Waals surface area contributed by atoms with Crippen LogP contribution in [-0.2, 0) is 18.2 Å². The van der Waals surface area contributed by atoms with Gasteiger partial charge in [-0.15, -0.1) is 11.3 Å². The van der Waals surface area contributed by atoms with Crippen molar-refractivity contribution in [2.45, 2.75) is 39.3 Å². The molecule has 0 amide bonds. The molecule has 4 heterocycles. The van der Waals surface area contributed by atoms with Crippen molar-refractivity contribution in [2.24, 2.45) is 7.05 Å². The van der Waals surface area contributed by atoms with E-state index in [2.05, 4.69) is 20.2 Å². The van der Waals surface area contributed by atoms with Gasteiger partial charge < -0.3 is 19.9 Å². The Morgan fingerprint density at radius 3 is 2.68 bits per heavy atom. The molecule has 9 nitrogen and oxygen atoms in total. The SMILES string of the molecule is CCO[C@@H]1CN(c2nccs2)C[C@H]1Nc1c(CC)nc(-c2cnc(N(C)C)cc2C)n(C)c1=O. The highest BCUT2D eigenvalue weighted by Crippen LogP contribution is 2.28. The van der Waals surface area contributed by atoms with Gasteiger partial charge in [-0.1, -0.05) is 6.92 Å². The normalized spacial score (nSPS) is 17.9. The fraction of sp³-hybridized carbons (Fsp3) is 0.500. The van der Waals surface area contributed by atoms with E-state index in [1.165, 1.54) is 0 Å². The minimum atomic E-state index is -0.0964. The summed E-state index contributed by atoms with van der Waals surface area (Å²) < 4.78 is 7.65. The zero-order valence-corrected chi connectivity index (χ0v) is 21.5. The van der Waals surface area contributed by atoms with Crippen LogP contribution in [0.1, 0.15) is 25.1 Å². The predicted octanol–water partition coefficient (Wildman–Crippen LogP) is 2.94. The second kappa shape index (κ2) is 10.1. The van der Waals surface area contributed by atoms with Gasteiger partial charge in [0.15, 0.2) is 5.13 Å². The highest BCUT2D eigenvalue weighted by Gasteiger charge is 2.35. The molecular weight excluding hydrogens is 450 g/mol. The molecule has 2 atom stereocenters. The van der Waals surface area contributed by atoms with Crippen LogP contribution in [0, 0.1) is 6.92 Å². The summed E-state index contributed by atoms with van der Waals surface area (Å²) in [4.78, 5) is 31.6. The number of nitrogens with zero attached hydrogens (tertiary/aromatic N) is 6. The number of hydrogen-bond acceptors (Lipinski definition) is 9. The van der Waals surface area contributed by atoms with E-state index in [0.29, 0.717) is 31.1 Å². The van der Waals surface area contributed by atoms with Crippen LogP contribution in [0.5, 0.6) is 0 Å². The van der Waals surface area contributed by atoms with E-state index in [1.807, 2.05) is 57.4 Å². The summed E-state index contributed by atoms with van der Waals surface area (Å²) in [6.07, 6.45) is 4.20. The van der Waals surface area contributed by atoms with Gasteiger partial charge in [0.05, 0.1) is 17.8 Å². The highest BCUT2D eigenvalue weighted by atomic mass is 32.1. The largest absolute Gasteiger partial charge is 0.374 e. The molecule has 1 N–H and O–H groups in total. The highest BCUT2D eigenvalue weighted by molar-refractivity contribution is 7.13. The van der Waals surface area contributed by atoms with Crippen molar-refractivity contribution in [3.8, 4) is 11.4 Å². The van der Waals surface area contributed by atoms with Crippen LogP contribution >= 0.6 is 11.3 Å². The molecule has 0 bridgehead atoms. The van der Waals surface area contributed by atoms with Crippen LogP contribution < -0.4 is 20.7 Å². The van der Waals surface area contributed by atoms with Gasteiger partial charge in [0.2, 0.25) is 0 Å². The van der Waals surface area contributed by atoms with Crippen LogP contribution in [-0.4, -0.2) is 65.5 Å². The molecule has 1 aliphatic rings. The lowest BCUT2D eigenvalue weighted by atomic mass is 10.1. The van der Waals surface area contributed by atoms with E-state index in [9.17, 15) is 4.79 Å². The second-order valence-electron chi connectivity index (χ2n) is 8.69. The Morgan fingerprint density at radius 2 is 2.06 bits per heavy atom. The number of anilines is 3. The summed E-state index contributed by atoms with van der Waals surface area (Å²) in [5, 5.41) is 6.45. The molecular formula is C24H33N7O2S. The summed E-state index contributed by atoms with van der Waals surface area (Å²) >= 11 is 1.61. The maximum absolute atomic E-state index is 13.6. The molecule has 0 spiro atoms. The predicted molar refractivity (Wildman–Crippen MR) is 138 cm³/mol. The Morgan fingerprint density at radius 1 is 1.26 bits per heavy atom. The van der Waals surface area contributed by atoms with E-state index >= 15 is 0 Å². The van der Waals surface area contributed by atoms with Crippen LogP contribution in [0.4, 0.5) is 16.6 Å². The van der Waals surface area contributed by atoms with Crippen LogP contribution in [0.3, 0.4) is 0 Å². The van der Waals surface area contributed by atoms with Crippen molar-refractivity contribution in [3.63, 3.8) is 0 Å². The molecule has 0 unspecified atom stereocenters. The lowest BCUT2D eigenvalue weighted by Crippen LogP contribution is -2.38. The Hall–Kier alpha value is -2.98.